The number of nitrogens with one attached hydrogen (secondary N) is 1. The number of halogens is 2. The van der Waals surface area contributed by atoms with E-state index in [0.29, 0.717) is 16.5 Å². The van der Waals surface area contributed by atoms with Crippen molar-refractivity contribution in [1.82, 2.24) is 0 Å². The van der Waals surface area contributed by atoms with Gasteiger partial charge in [0.2, 0.25) is 0 Å². The maximum atomic E-state index is 11.6. The minimum Gasteiger partial charge on any atom is -0.409 e. The van der Waals surface area contributed by atoms with Crippen LogP contribution in [0.2, 0.25) is 5.02 Å². The van der Waals surface area contributed by atoms with E-state index in [1.165, 1.54) is 0 Å². The van der Waals surface area contributed by atoms with Crippen molar-refractivity contribution < 1.29 is 9.53 Å². The monoisotopic (exact) mass is 373 g/mol. The van der Waals surface area contributed by atoms with Gasteiger partial charge in [0, 0.05) is 10.7 Å². The number of carbonyl (C=O) groups excluding carboxylic acids is 1. The van der Waals surface area contributed by atoms with Gasteiger partial charge in [-0.1, -0.05) is 23.7 Å². The molecule has 0 fully saturated rings. The molecule has 2 rings (SSSR count). The lowest BCUT2D eigenvalue weighted by Gasteiger charge is -2.07. The Morgan fingerprint density at radius 2 is 1.78 bits per heavy atom. The lowest BCUT2D eigenvalue weighted by Crippen LogP contribution is -2.17. The van der Waals surface area contributed by atoms with Gasteiger partial charge in [-0.2, -0.15) is 0 Å². The van der Waals surface area contributed by atoms with Crippen LogP contribution in [-0.2, 0) is 0 Å². The highest BCUT2D eigenvalue weighted by Crippen LogP contribution is 2.20. The van der Waals surface area contributed by atoms with Crippen molar-refractivity contribution in [1.29, 1.82) is 0 Å². The summed E-state index contributed by atoms with van der Waals surface area (Å²) in [6.07, 6.45) is -0.526. The van der Waals surface area contributed by atoms with Crippen LogP contribution in [0.5, 0.6) is 5.75 Å². The van der Waals surface area contributed by atoms with E-state index >= 15 is 0 Å². The van der Waals surface area contributed by atoms with Gasteiger partial charge in [0.05, 0.1) is 3.57 Å². The highest BCUT2D eigenvalue weighted by Gasteiger charge is 2.07. The molecule has 0 saturated heterocycles. The Balaban J connectivity index is 2.01. The van der Waals surface area contributed by atoms with Crippen LogP contribution < -0.4 is 10.1 Å². The largest absolute Gasteiger partial charge is 0.417 e. The summed E-state index contributed by atoms with van der Waals surface area (Å²) in [6, 6.07) is 14.1. The van der Waals surface area contributed by atoms with E-state index in [4.69, 9.17) is 16.3 Å². The Kier molecular flexibility index (Phi) is 4.43. The first kappa shape index (κ1) is 13.2. The Morgan fingerprint density at radius 3 is 2.44 bits per heavy atom. The third-order valence-electron chi connectivity index (χ3n) is 2.13. The molecule has 3 nitrogen and oxygen atoms in total. The predicted octanol–water partition coefficient (Wildman–Crippen LogP) is 4.56. The topological polar surface area (TPSA) is 38.3 Å². The number of carbonyl (C=O) groups is 1. The summed E-state index contributed by atoms with van der Waals surface area (Å²) in [5.41, 5.74) is 0.635. The molecule has 0 heterocycles. The van der Waals surface area contributed by atoms with Crippen molar-refractivity contribution in [2.45, 2.75) is 0 Å². The fourth-order valence-corrected chi connectivity index (χ4v) is 1.93. The zero-order valence-electron chi connectivity index (χ0n) is 9.19. The molecule has 0 saturated carbocycles. The van der Waals surface area contributed by atoms with Crippen molar-refractivity contribution in [3.8, 4) is 5.75 Å². The SMILES string of the molecule is O=C(Nc1ccc(Cl)cc1)Oc1ccccc1I. The number of ether oxygens (including phenoxy) is 1. The van der Waals surface area contributed by atoms with E-state index in [0.717, 1.165) is 3.57 Å². The zero-order valence-corrected chi connectivity index (χ0v) is 12.1. The van der Waals surface area contributed by atoms with Crippen LogP contribution in [0.1, 0.15) is 0 Å². The minimum absolute atomic E-state index is 0.526. The fourth-order valence-electron chi connectivity index (χ4n) is 1.30. The number of amides is 1. The van der Waals surface area contributed by atoms with Crippen LogP contribution in [0.3, 0.4) is 0 Å². The highest BCUT2D eigenvalue weighted by atomic mass is 127. The summed E-state index contributed by atoms with van der Waals surface area (Å²) in [4.78, 5) is 11.6. The normalized spacial score (nSPS) is 9.89. The van der Waals surface area contributed by atoms with Crippen LogP contribution in [0.4, 0.5) is 10.5 Å². The van der Waals surface area contributed by atoms with Gasteiger partial charge in [-0.3, -0.25) is 5.32 Å². The molecule has 0 aromatic heterocycles. The van der Waals surface area contributed by atoms with E-state index in [-0.39, 0.29) is 0 Å². The Hall–Kier alpha value is -1.27. The third-order valence-corrected chi connectivity index (χ3v) is 3.27. The summed E-state index contributed by atoms with van der Waals surface area (Å²) in [6.45, 7) is 0. The van der Waals surface area contributed by atoms with E-state index in [9.17, 15) is 4.79 Å². The standard InChI is InChI=1S/C13H9ClINO2/c14-9-5-7-10(8-6-9)16-13(17)18-12-4-2-1-3-11(12)15/h1-8H,(H,16,17). The van der Waals surface area contributed by atoms with E-state index < -0.39 is 6.09 Å². The number of hydrogen-bond donors (Lipinski definition) is 1. The molecule has 0 radical (unpaired) electrons. The number of anilines is 1. The molecule has 2 aromatic carbocycles. The Morgan fingerprint density at radius 1 is 1.11 bits per heavy atom. The molecular weight excluding hydrogens is 365 g/mol. The van der Waals surface area contributed by atoms with Gasteiger partial charge in [0.25, 0.3) is 0 Å². The molecule has 0 atom stereocenters. The summed E-state index contributed by atoms with van der Waals surface area (Å²) in [7, 11) is 0. The first-order chi connectivity index (χ1) is 8.65. The third kappa shape index (κ3) is 3.61. The van der Waals surface area contributed by atoms with Crippen LogP contribution in [0, 0.1) is 3.57 Å². The number of benzene rings is 2. The molecule has 1 amide bonds. The summed E-state index contributed by atoms with van der Waals surface area (Å²) in [5, 5.41) is 3.24. The van der Waals surface area contributed by atoms with Crippen LogP contribution in [0.25, 0.3) is 0 Å². The van der Waals surface area contributed by atoms with Crippen molar-refractivity contribution in [2.75, 3.05) is 5.32 Å². The van der Waals surface area contributed by atoms with Gasteiger partial charge in [0.1, 0.15) is 5.75 Å². The van der Waals surface area contributed by atoms with Gasteiger partial charge in [-0.25, -0.2) is 4.79 Å². The number of rotatable bonds is 2. The second kappa shape index (κ2) is 6.06. The van der Waals surface area contributed by atoms with Crippen molar-refractivity contribution in [2.24, 2.45) is 0 Å². The molecule has 0 bridgehead atoms. The van der Waals surface area contributed by atoms with Gasteiger partial charge >= 0.3 is 6.09 Å². The zero-order chi connectivity index (χ0) is 13.0. The lowest BCUT2D eigenvalue weighted by atomic mass is 10.3. The smallest absolute Gasteiger partial charge is 0.409 e. The molecule has 0 aliphatic heterocycles. The Bertz CT molecular complexity index is 557. The fraction of sp³-hybridized carbons (Fsp3) is 0. The van der Waals surface area contributed by atoms with Gasteiger partial charge in [0.15, 0.2) is 0 Å². The van der Waals surface area contributed by atoms with Crippen molar-refractivity contribution in [3.63, 3.8) is 0 Å². The molecule has 0 unspecified atom stereocenters. The molecule has 0 aliphatic rings. The molecule has 0 spiro atoms. The summed E-state index contributed by atoms with van der Waals surface area (Å²) < 4.78 is 6.07. The number of hydrogen-bond acceptors (Lipinski definition) is 2. The predicted molar refractivity (Wildman–Crippen MR) is 80.3 cm³/mol. The minimum atomic E-state index is -0.526. The maximum Gasteiger partial charge on any atom is 0.417 e. The van der Waals surface area contributed by atoms with Gasteiger partial charge in [-0.05, 0) is 59.0 Å². The molecular formula is C13H9ClINO2. The molecule has 2 aromatic rings. The van der Waals surface area contributed by atoms with Crippen molar-refractivity contribution >= 4 is 46.0 Å². The van der Waals surface area contributed by atoms with Gasteiger partial charge in [-0.15, -0.1) is 0 Å². The summed E-state index contributed by atoms with van der Waals surface area (Å²) in [5.74, 6) is 0.532. The first-order valence-corrected chi connectivity index (χ1v) is 6.60. The molecule has 0 aliphatic carbocycles. The van der Waals surface area contributed by atoms with Crippen LogP contribution >= 0.6 is 34.2 Å². The van der Waals surface area contributed by atoms with Crippen LogP contribution in [-0.4, -0.2) is 6.09 Å². The van der Waals surface area contributed by atoms with E-state index in [1.54, 1.807) is 30.3 Å². The second-order valence-corrected chi connectivity index (χ2v) is 5.05. The summed E-state index contributed by atoms with van der Waals surface area (Å²) >= 11 is 7.86. The average Bonchev–Trinajstić information content (AvgIpc) is 2.35. The molecule has 18 heavy (non-hydrogen) atoms. The van der Waals surface area contributed by atoms with Crippen molar-refractivity contribution in [3.05, 3.63) is 57.1 Å². The molecule has 92 valence electrons. The molecule has 1 N–H and O–H groups in total. The highest BCUT2D eigenvalue weighted by molar-refractivity contribution is 14.1. The molecule has 5 heteroatoms. The second-order valence-electron chi connectivity index (χ2n) is 3.45. The first-order valence-electron chi connectivity index (χ1n) is 5.14. The number of para-hydroxylation sites is 1. The van der Waals surface area contributed by atoms with E-state index in [1.807, 2.05) is 18.2 Å². The van der Waals surface area contributed by atoms with Crippen LogP contribution in [0.15, 0.2) is 48.5 Å². The van der Waals surface area contributed by atoms with E-state index in [2.05, 4.69) is 27.9 Å². The quantitative estimate of drug-likeness (QED) is 0.784. The Labute approximate surface area is 123 Å². The van der Waals surface area contributed by atoms with Gasteiger partial charge < -0.3 is 4.74 Å². The average molecular weight is 374 g/mol. The maximum absolute atomic E-state index is 11.6. The lowest BCUT2D eigenvalue weighted by molar-refractivity contribution is 0.215.